The molecule has 0 heterocycles. The zero-order chi connectivity index (χ0) is 27.4. The lowest BCUT2D eigenvalue weighted by molar-refractivity contribution is -0.147. The molecule has 9 nitrogen and oxygen atoms in total. The van der Waals surface area contributed by atoms with Crippen molar-refractivity contribution in [1.82, 2.24) is 0 Å². The smallest absolute Gasteiger partial charge is 0.337 e. The van der Waals surface area contributed by atoms with Crippen molar-refractivity contribution >= 4 is 52.7 Å². The van der Waals surface area contributed by atoms with Gasteiger partial charge in [-0.1, -0.05) is 71.2 Å². The van der Waals surface area contributed by atoms with Gasteiger partial charge in [0.2, 0.25) is 0 Å². The van der Waals surface area contributed by atoms with E-state index in [4.69, 9.17) is 65.4 Å². The molecule has 3 aromatic rings. The summed E-state index contributed by atoms with van der Waals surface area (Å²) in [5.74, 6) is -3.80. The summed E-state index contributed by atoms with van der Waals surface area (Å²) in [7, 11) is 0. The minimum Gasteiger partial charge on any atom is -0.479 e. The van der Waals surface area contributed by atoms with Crippen molar-refractivity contribution in [3.63, 3.8) is 0 Å². The average Bonchev–Trinajstić information content (AvgIpc) is 2.84. The molecule has 0 aliphatic heterocycles. The fraction of sp³-hybridized carbons (Fsp3) is 0.125. The van der Waals surface area contributed by atoms with Crippen LogP contribution < -0.4 is 0 Å². The van der Waals surface area contributed by atoms with Crippen LogP contribution >= 0.6 is 34.8 Å². The summed E-state index contributed by atoms with van der Waals surface area (Å²) in [4.78, 5) is 30.9. The molecule has 0 bridgehead atoms. The number of halogens is 3. The summed E-state index contributed by atoms with van der Waals surface area (Å²) in [6.07, 6.45) is -4.41. The van der Waals surface area contributed by atoms with E-state index in [1.54, 1.807) is 0 Å². The molecular formula is C24H21Cl3O9. The van der Waals surface area contributed by atoms with E-state index in [0.29, 0.717) is 31.8 Å². The quantitative estimate of drug-likeness (QED) is 0.256. The van der Waals surface area contributed by atoms with Crippen LogP contribution in [-0.2, 0) is 14.4 Å². The van der Waals surface area contributed by atoms with Crippen molar-refractivity contribution in [3.05, 3.63) is 105 Å². The number of carbonyl (C=O) groups is 3. The second-order valence-electron chi connectivity index (χ2n) is 6.88. The fourth-order valence-corrected chi connectivity index (χ4v) is 2.74. The van der Waals surface area contributed by atoms with Crippen LogP contribution in [0.4, 0.5) is 0 Å². The minimum atomic E-state index is -1.47. The first-order chi connectivity index (χ1) is 16.8. The van der Waals surface area contributed by atoms with Gasteiger partial charge in [-0.3, -0.25) is 0 Å². The van der Waals surface area contributed by atoms with Gasteiger partial charge in [0.15, 0.2) is 18.3 Å². The van der Waals surface area contributed by atoms with E-state index >= 15 is 0 Å². The summed E-state index contributed by atoms with van der Waals surface area (Å²) in [5.41, 5.74) is 0.978. The highest BCUT2D eigenvalue weighted by Gasteiger charge is 2.16. The van der Waals surface area contributed by atoms with Crippen molar-refractivity contribution in [1.29, 1.82) is 0 Å². The molecule has 0 fully saturated rings. The molecule has 0 saturated heterocycles. The molecule has 3 aromatic carbocycles. The summed E-state index contributed by atoms with van der Waals surface area (Å²) in [6.45, 7) is 0. The predicted molar refractivity (Wildman–Crippen MR) is 132 cm³/mol. The fourth-order valence-electron chi connectivity index (χ4n) is 2.36. The average molecular weight is 560 g/mol. The van der Waals surface area contributed by atoms with E-state index in [-0.39, 0.29) is 0 Å². The minimum absolute atomic E-state index is 0.326. The normalized spacial score (nSPS) is 12.5. The maximum absolute atomic E-state index is 10.3. The molecule has 0 aliphatic carbocycles. The third-order valence-electron chi connectivity index (χ3n) is 4.26. The monoisotopic (exact) mass is 558 g/mol. The number of aliphatic hydroxyl groups is 3. The van der Waals surface area contributed by atoms with Crippen LogP contribution in [0.5, 0.6) is 0 Å². The Labute approximate surface area is 220 Å². The second kappa shape index (κ2) is 15.0. The number of hydrogen-bond donors (Lipinski definition) is 6. The number of carboxylic acids is 3. The number of aliphatic carboxylic acids is 3. The van der Waals surface area contributed by atoms with Gasteiger partial charge in [0.25, 0.3) is 0 Å². The van der Waals surface area contributed by atoms with Crippen LogP contribution in [-0.4, -0.2) is 48.5 Å². The third kappa shape index (κ3) is 10.6. The molecule has 36 heavy (non-hydrogen) atoms. The Bertz CT molecular complexity index is 989. The Morgan fingerprint density at radius 1 is 0.444 bits per heavy atom. The molecule has 0 unspecified atom stereocenters. The second-order valence-corrected chi connectivity index (χ2v) is 8.19. The van der Waals surface area contributed by atoms with Crippen LogP contribution in [0.2, 0.25) is 15.1 Å². The van der Waals surface area contributed by atoms with Gasteiger partial charge in [-0.15, -0.1) is 0 Å². The highest BCUT2D eigenvalue weighted by Crippen LogP contribution is 2.18. The zero-order valence-electron chi connectivity index (χ0n) is 18.2. The lowest BCUT2D eigenvalue weighted by Crippen LogP contribution is -2.09. The number of rotatable bonds is 6. The van der Waals surface area contributed by atoms with Crippen LogP contribution in [0.15, 0.2) is 72.8 Å². The van der Waals surface area contributed by atoms with Crippen LogP contribution in [0, 0.1) is 0 Å². The van der Waals surface area contributed by atoms with Crippen molar-refractivity contribution < 1.29 is 45.0 Å². The largest absolute Gasteiger partial charge is 0.479 e. The SMILES string of the molecule is O=C(O)[C@H](O)c1ccc(Cl)cc1.O=C(O)[C@H](O)c1ccc(Cl)cc1.O=C(O)[C@H](O)c1ccc(Cl)cc1. The molecular weight excluding hydrogens is 539 g/mol. The van der Waals surface area contributed by atoms with Crippen molar-refractivity contribution in [2.45, 2.75) is 18.3 Å². The Balaban J connectivity index is 0.000000270. The maximum atomic E-state index is 10.3. The van der Waals surface area contributed by atoms with Crippen LogP contribution in [0.3, 0.4) is 0 Å². The van der Waals surface area contributed by atoms with E-state index in [1.807, 2.05) is 0 Å². The van der Waals surface area contributed by atoms with Gasteiger partial charge in [-0.2, -0.15) is 0 Å². The van der Waals surface area contributed by atoms with E-state index in [0.717, 1.165) is 0 Å². The van der Waals surface area contributed by atoms with E-state index in [2.05, 4.69) is 0 Å². The van der Waals surface area contributed by atoms with Crippen LogP contribution in [0.25, 0.3) is 0 Å². The molecule has 0 spiro atoms. The molecule has 6 N–H and O–H groups in total. The van der Waals surface area contributed by atoms with Crippen molar-refractivity contribution in [2.75, 3.05) is 0 Å². The number of aliphatic hydroxyl groups excluding tert-OH is 3. The predicted octanol–water partition coefficient (Wildman–Crippen LogP) is 4.37. The first-order valence-corrected chi connectivity index (χ1v) is 11.0. The summed E-state index contributed by atoms with van der Waals surface area (Å²) < 4.78 is 0. The lowest BCUT2D eigenvalue weighted by atomic mass is 10.1. The lowest BCUT2D eigenvalue weighted by Gasteiger charge is -2.04. The Morgan fingerprint density at radius 3 is 0.750 bits per heavy atom. The van der Waals surface area contributed by atoms with E-state index in [1.165, 1.54) is 72.8 Å². The Kier molecular flexibility index (Phi) is 12.9. The molecule has 0 saturated carbocycles. The molecule has 0 amide bonds. The summed E-state index contributed by atoms with van der Waals surface area (Å²) >= 11 is 16.7. The van der Waals surface area contributed by atoms with Gasteiger partial charge < -0.3 is 30.6 Å². The Morgan fingerprint density at radius 2 is 0.611 bits per heavy atom. The van der Waals surface area contributed by atoms with Gasteiger partial charge in [-0.25, -0.2) is 14.4 Å². The van der Waals surface area contributed by atoms with Crippen LogP contribution in [0.1, 0.15) is 35.0 Å². The number of hydrogen-bond acceptors (Lipinski definition) is 6. The van der Waals surface area contributed by atoms with Crippen molar-refractivity contribution in [3.8, 4) is 0 Å². The van der Waals surface area contributed by atoms with Gasteiger partial charge in [0, 0.05) is 15.1 Å². The van der Waals surface area contributed by atoms with E-state index < -0.39 is 36.2 Å². The number of carboxylic acid groups (broad SMARTS) is 3. The zero-order valence-corrected chi connectivity index (χ0v) is 20.5. The number of benzene rings is 3. The third-order valence-corrected chi connectivity index (χ3v) is 5.01. The highest BCUT2D eigenvalue weighted by molar-refractivity contribution is 6.31. The van der Waals surface area contributed by atoms with Crippen molar-refractivity contribution in [2.24, 2.45) is 0 Å². The first-order valence-electron chi connectivity index (χ1n) is 9.82. The van der Waals surface area contributed by atoms with Gasteiger partial charge in [0.05, 0.1) is 0 Å². The highest BCUT2D eigenvalue weighted by atomic mass is 35.5. The molecule has 12 heteroatoms. The van der Waals surface area contributed by atoms with E-state index in [9.17, 15) is 14.4 Å². The standard InChI is InChI=1S/3C8H7ClO3/c3*9-6-3-1-5(2-4-6)7(10)8(11)12/h3*1-4,7,10H,(H,11,12)/t3*7-/m111/s1. The maximum Gasteiger partial charge on any atom is 0.337 e. The topological polar surface area (TPSA) is 173 Å². The van der Waals surface area contributed by atoms with Gasteiger partial charge >= 0.3 is 17.9 Å². The molecule has 192 valence electrons. The first kappa shape index (κ1) is 30.9. The molecule has 0 radical (unpaired) electrons. The molecule has 3 rings (SSSR count). The van der Waals surface area contributed by atoms with Gasteiger partial charge in [0.1, 0.15) is 0 Å². The Hall–Kier alpha value is -3.18. The molecule has 0 aliphatic rings. The summed E-state index contributed by atoms with van der Waals surface area (Å²) in [5, 5.41) is 53.9. The van der Waals surface area contributed by atoms with Gasteiger partial charge in [-0.05, 0) is 53.1 Å². The summed E-state index contributed by atoms with van der Waals surface area (Å²) in [6, 6.07) is 18.0. The molecule has 0 aromatic heterocycles. The molecule has 3 atom stereocenters.